The lowest BCUT2D eigenvalue weighted by atomic mass is 10.2. The van der Waals surface area contributed by atoms with Crippen molar-refractivity contribution in [2.75, 3.05) is 17.6 Å². The van der Waals surface area contributed by atoms with Gasteiger partial charge in [-0.3, -0.25) is 10.1 Å². The summed E-state index contributed by atoms with van der Waals surface area (Å²) in [6, 6.07) is 2.25. The van der Waals surface area contributed by atoms with Gasteiger partial charge in [0.1, 0.15) is 5.82 Å². The van der Waals surface area contributed by atoms with Crippen LogP contribution in [0.15, 0.2) is 12.1 Å². The summed E-state index contributed by atoms with van der Waals surface area (Å²) in [6.45, 7) is 1.87. The minimum Gasteiger partial charge on any atom is -0.392 e. The van der Waals surface area contributed by atoms with E-state index in [-0.39, 0.29) is 11.5 Å². The lowest BCUT2D eigenvalue weighted by Gasteiger charge is -2.15. The first-order valence-corrected chi connectivity index (χ1v) is 5.00. The van der Waals surface area contributed by atoms with Crippen molar-refractivity contribution in [2.24, 2.45) is 5.73 Å². The predicted octanol–water partition coefficient (Wildman–Crippen LogP) is -0.308. The Morgan fingerprint density at radius 3 is 2.76 bits per heavy atom. The third-order valence-corrected chi connectivity index (χ3v) is 2.24. The standard InChI is InChI=1S/C9H15N5O3/c1-5(15)6(10)4-12-8-3-2-7(14(16)17)9(11)13-8/h2-3,5-6,15H,4,10H2,1H3,(H3,11,12,13). The Bertz CT molecular complexity index is 410. The fourth-order valence-electron chi connectivity index (χ4n) is 1.11. The van der Waals surface area contributed by atoms with Crippen LogP contribution in [0.2, 0.25) is 0 Å². The van der Waals surface area contributed by atoms with Crippen LogP contribution in [0.1, 0.15) is 6.92 Å². The van der Waals surface area contributed by atoms with Crippen LogP contribution in [0.5, 0.6) is 0 Å². The van der Waals surface area contributed by atoms with Gasteiger partial charge in [-0.1, -0.05) is 0 Å². The van der Waals surface area contributed by atoms with Gasteiger partial charge in [0.05, 0.1) is 11.0 Å². The van der Waals surface area contributed by atoms with Crippen LogP contribution in [0.25, 0.3) is 0 Å². The van der Waals surface area contributed by atoms with Gasteiger partial charge < -0.3 is 21.9 Å². The van der Waals surface area contributed by atoms with E-state index in [1.54, 1.807) is 6.92 Å². The second-order valence-corrected chi connectivity index (χ2v) is 3.64. The maximum atomic E-state index is 10.5. The zero-order chi connectivity index (χ0) is 13.0. The molecule has 2 unspecified atom stereocenters. The van der Waals surface area contributed by atoms with Crippen molar-refractivity contribution >= 4 is 17.3 Å². The number of nitrogens with one attached hydrogen (secondary N) is 1. The van der Waals surface area contributed by atoms with E-state index >= 15 is 0 Å². The van der Waals surface area contributed by atoms with Gasteiger partial charge >= 0.3 is 5.69 Å². The number of aromatic nitrogens is 1. The van der Waals surface area contributed by atoms with E-state index in [2.05, 4.69) is 10.3 Å². The summed E-state index contributed by atoms with van der Waals surface area (Å²) in [5.41, 5.74) is 10.8. The number of nitrogens with two attached hydrogens (primary N) is 2. The molecule has 0 aliphatic carbocycles. The van der Waals surface area contributed by atoms with Gasteiger partial charge in [0, 0.05) is 18.7 Å². The van der Waals surface area contributed by atoms with Crippen molar-refractivity contribution in [1.82, 2.24) is 4.98 Å². The third-order valence-electron chi connectivity index (χ3n) is 2.24. The Morgan fingerprint density at radius 2 is 2.29 bits per heavy atom. The highest BCUT2D eigenvalue weighted by atomic mass is 16.6. The number of nitrogens with zero attached hydrogens (tertiary/aromatic N) is 2. The minimum absolute atomic E-state index is 0.161. The molecule has 8 heteroatoms. The maximum absolute atomic E-state index is 10.5. The van der Waals surface area contributed by atoms with Crippen molar-refractivity contribution in [2.45, 2.75) is 19.1 Å². The molecule has 0 amide bonds. The van der Waals surface area contributed by atoms with Crippen molar-refractivity contribution in [3.63, 3.8) is 0 Å². The Labute approximate surface area is 97.8 Å². The highest BCUT2D eigenvalue weighted by Crippen LogP contribution is 2.20. The van der Waals surface area contributed by atoms with E-state index < -0.39 is 17.1 Å². The number of anilines is 2. The number of aliphatic hydroxyl groups is 1. The molecule has 0 aliphatic heterocycles. The number of hydrogen-bond donors (Lipinski definition) is 4. The Morgan fingerprint density at radius 1 is 1.65 bits per heavy atom. The highest BCUT2D eigenvalue weighted by molar-refractivity contribution is 5.57. The van der Waals surface area contributed by atoms with E-state index in [0.29, 0.717) is 12.4 Å². The molecule has 6 N–H and O–H groups in total. The fourth-order valence-corrected chi connectivity index (χ4v) is 1.11. The number of nitrogen functional groups attached to an aromatic ring is 1. The lowest BCUT2D eigenvalue weighted by Crippen LogP contribution is -2.38. The molecule has 0 aliphatic rings. The SMILES string of the molecule is CC(O)C(N)CNc1ccc([N+](=O)[O-])c(N)n1. The van der Waals surface area contributed by atoms with Crippen LogP contribution in [0, 0.1) is 10.1 Å². The van der Waals surface area contributed by atoms with Gasteiger partial charge in [0.25, 0.3) is 0 Å². The number of hydrogen-bond acceptors (Lipinski definition) is 7. The van der Waals surface area contributed by atoms with E-state index in [0.717, 1.165) is 0 Å². The summed E-state index contributed by atoms with van der Waals surface area (Å²) < 4.78 is 0. The summed E-state index contributed by atoms with van der Waals surface area (Å²) in [5, 5.41) is 22.5. The molecule has 0 saturated carbocycles. The quantitative estimate of drug-likeness (QED) is 0.409. The molecule has 17 heavy (non-hydrogen) atoms. The maximum Gasteiger partial charge on any atom is 0.311 e. The van der Waals surface area contributed by atoms with Gasteiger partial charge in [-0.05, 0) is 13.0 Å². The van der Waals surface area contributed by atoms with Crippen LogP contribution in [-0.2, 0) is 0 Å². The van der Waals surface area contributed by atoms with Crippen LogP contribution >= 0.6 is 0 Å². The summed E-state index contributed by atoms with van der Waals surface area (Å²) in [6.07, 6.45) is -0.655. The minimum atomic E-state index is -0.655. The fraction of sp³-hybridized carbons (Fsp3) is 0.444. The van der Waals surface area contributed by atoms with Crippen LogP contribution < -0.4 is 16.8 Å². The Hall–Kier alpha value is -1.93. The molecule has 1 aromatic heterocycles. The molecule has 2 atom stereocenters. The molecule has 1 heterocycles. The van der Waals surface area contributed by atoms with E-state index in [4.69, 9.17) is 11.5 Å². The molecule has 94 valence electrons. The number of pyridine rings is 1. The summed E-state index contributed by atoms with van der Waals surface area (Å²) in [5.74, 6) is 0.217. The number of aliphatic hydroxyl groups excluding tert-OH is 1. The molecule has 1 rings (SSSR count). The first kappa shape index (κ1) is 13.1. The number of nitro groups is 1. The summed E-state index contributed by atoms with van der Waals surface area (Å²) in [4.78, 5) is 13.7. The van der Waals surface area contributed by atoms with E-state index in [1.165, 1.54) is 12.1 Å². The molecule has 0 bridgehead atoms. The van der Waals surface area contributed by atoms with Gasteiger partial charge in [-0.15, -0.1) is 0 Å². The van der Waals surface area contributed by atoms with Crippen molar-refractivity contribution < 1.29 is 10.0 Å². The van der Waals surface area contributed by atoms with Crippen molar-refractivity contribution in [3.05, 3.63) is 22.2 Å². The highest BCUT2D eigenvalue weighted by Gasteiger charge is 2.14. The van der Waals surface area contributed by atoms with Crippen LogP contribution in [0.3, 0.4) is 0 Å². The largest absolute Gasteiger partial charge is 0.392 e. The van der Waals surface area contributed by atoms with Gasteiger partial charge in [-0.25, -0.2) is 4.98 Å². The molecular formula is C9H15N5O3. The zero-order valence-electron chi connectivity index (χ0n) is 9.33. The second-order valence-electron chi connectivity index (χ2n) is 3.64. The van der Waals surface area contributed by atoms with Crippen LogP contribution in [-0.4, -0.2) is 33.7 Å². The predicted molar refractivity (Wildman–Crippen MR) is 63.4 cm³/mol. The number of rotatable bonds is 5. The second kappa shape index (κ2) is 5.41. The molecular weight excluding hydrogens is 226 g/mol. The van der Waals surface area contributed by atoms with E-state index in [9.17, 15) is 15.2 Å². The Balaban J connectivity index is 2.68. The molecule has 0 spiro atoms. The van der Waals surface area contributed by atoms with E-state index in [1.807, 2.05) is 0 Å². The lowest BCUT2D eigenvalue weighted by molar-refractivity contribution is -0.384. The van der Waals surface area contributed by atoms with Gasteiger partial charge in [0.15, 0.2) is 0 Å². The van der Waals surface area contributed by atoms with Gasteiger partial charge in [0.2, 0.25) is 5.82 Å². The third kappa shape index (κ3) is 3.54. The topological polar surface area (TPSA) is 140 Å². The zero-order valence-corrected chi connectivity index (χ0v) is 9.33. The molecule has 0 fully saturated rings. The van der Waals surface area contributed by atoms with Crippen molar-refractivity contribution in [1.29, 1.82) is 0 Å². The molecule has 8 nitrogen and oxygen atoms in total. The first-order valence-electron chi connectivity index (χ1n) is 5.00. The normalized spacial score (nSPS) is 14.1. The average Bonchev–Trinajstić information content (AvgIpc) is 2.25. The molecule has 1 aromatic rings. The Kier molecular flexibility index (Phi) is 4.18. The first-order chi connectivity index (χ1) is 7.91. The summed E-state index contributed by atoms with van der Waals surface area (Å²) >= 11 is 0. The monoisotopic (exact) mass is 241 g/mol. The van der Waals surface area contributed by atoms with Crippen LogP contribution in [0.4, 0.5) is 17.3 Å². The smallest absolute Gasteiger partial charge is 0.311 e. The summed E-state index contributed by atoms with van der Waals surface area (Å²) in [7, 11) is 0. The molecule has 0 saturated heterocycles. The van der Waals surface area contributed by atoms with Gasteiger partial charge in [-0.2, -0.15) is 0 Å². The molecule has 0 aromatic carbocycles. The average molecular weight is 241 g/mol. The molecule has 0 radical (unpaired) electrons. The van der Waals surface area contributed by atoms with Crippen molar-refractivity contribution in [3.8, 4) is 0 Å².